The van der Waals surface area contributed by atoms with Crippen molar-refractivity contribution < 1.29 is 31.1 Å². The number of hydrogen-bond donors (Lipinski definition) is 0. The Morgan fingerprint density at radius 2 is 1.33 bits per heavy atom. The highest BCUT2D eigenvalue weighted by Crippen LogP contribution is 2.33. The lowest BCUT2D eigenvalue weighted by atomic mass is 10.2. The zero-order valence-electron chi connectivity index (χ0n) is 10.2. The van der Waals surface area contributed by atoms with E-state index in [4.69, 9.17) is 4.74 Å². The Hall–Kier alpha value is -2.25. The van der Waals surface area contributed by atoms with Crippen molar-refractivity contribution in [2.75, 3.05) is 0 Å². The summed E-state index contributed by atoms with van der Waals surface area (Å²) in [5, 5.41) is 0. The summed E-state index contributed by atoms with van der Waals surface area (Å²) in [7, 11) is 0. The van der Waals surface area contributed by atoms with Crippen LogP contribution < -0.4 is 4.74 Å². The molecule has 0 unspecified atom stereocenters. The van der Waals surface area contributed by atoms with Crippen molar-refractivity contribution in [3.8, 4) is 11.6 Å². The number of aromatic nitrogens is 1. The van der Waals surface area contributed by atoms with Crippen LogP contribution in [0, 0.1) is 0 Å². The minimum absolute atomic E-state index is 0.0465. The molecule has 0 aliphatic rings. The van der Waals surface area contributed by atoms with Gasteiger partial charge in [-0.3, -0.25) is 0 Å². The van der Waals surface area contributed by atoms with Gasteiger partial charge < -0.3 is 4.74 Å². The molecule has 1 aromatic carbocycles. The third kappa shape index (κ3) is 3.87. The quantitative estimate of drug-likeness (QED) is 0.735. The fourth-order valence-corrected chi connectivity index (χ4v) is 1.47. The second-order valence-corrected chi connectivity index (χ2v) is 4.00. The molecule has 2 rings (SSSR count). The van der Waals surface area contributed by atoms with E-state index in [0.717, 1.165) is 36.5 Å². The molecule has 21 heavy (non-hydrogen) atoms. The van der Waals surface area contributed by atoms with Gasteiger partial charge in [0.05, 0.1) is 11.1 Å². The van der Waals surface area contributed by atoms with Crippen LogP contribution in [0.4, 0.5) is 26.3 Å². The summed E-state index contributed by atoms with van der Waals surface area (Å²) in [4.78, 5) is 3.57. The summed E-state index contributed by atoms with van der Waals surface area (Å²) in [6, 6.07) is 4.97. The molecule has 0 bridgehead atoms. The van der Waals surface area contributed by atoms with Crippen molar-refractivity contribution in [2.45, 2.75) is 12.4 Å². The van der Waals surface area contributed by atoms with E-state index >= 15 is 0 Å². The molecule has 0 aliphatic heterocycles. The van der Waals surface area contributed by atoms with E-state index in [0.29, 0.717) is 6.07 Å². The third-order valence-electron chi connectivity index (χ3n) is 2.47. The first-order valence-corrected chi connectivity index (χ1v) is 5.54. The van der Waals surface area contributed by atoms with Crippen molar-refractivity contribution in [3.63, 3.8) is 0 Å². The van der Waals surface area contributed by atoms with E-state index in [1.54, 1.807) is 0 Å². The molecule has 112 valence electrons. The van der Waals surface area contributed by atoms with Crippen LogP contribution in [0.2, 0.25) is 0 Å². The highest BCUT2D eigenvalue weighted by atomic mass is 19.4. The number of halogens is 6. The van der Waals surface area contributed by atoms with E-state index in [2.05, 4.69) is 4.98 Å². The van der Waals surface area contributed by atoms with E-state index in [1.165, 1.54) is 0 Å². The standard InChI is InChI=1S/C13H7F6NO/c14-12(15,16)8-1-3-10(4-2-8)21-11-7-9(5-6-20-11)13(17,18)19/h1-7H. The predicted octanol–water partition coefficient (Wildman–Crippen LogP) is 4.91. The van der Waals surface area contributed by atoms with Gasteiger partial charge in [0.1, 0.15) is 5.75 Å². The Kier molecular flexibility index (Phi) is 3.80. The lowest BCUT2D eigenvalue weighted by molar-refractivity contribution is -0.138. The molecule has 0 N–H and O–H groups in total. The summed E-state index contributed by atoms with van der Waals surface area (Å²) in [6.45, 7) is 0. The molecule has 1 aromatic heterocycles. The van der Waals surface area contributed by atoms with Crippen LogP contribution >= 0.6 is 0 Å². The molecule has 1 heterocycles. The van der Waals surface area contributed by atoms with E-state index in [1.807, 2.05) is 0 Å². The molecule has 0 atom stereocenters. The maximum absolute atomic E-state index is 12.5. The zero-order chi connectivity index (χ0) is 15.7. The van der Waals surface area contributed by atoms with Crippen molar-refractivity contribution in [1.29, 1.82) is 0 Å². The molecular weight excluding hydrogens is 300 g/mol. The highest BCUT2D eigenvalue weighted by Gasteiger charge is 2.31. The van der Waals surface area contributed by atoms with Crippen LogP contribution in [0.5, 0.6) is 11.6 Å². The van der Waals surface area contributed by atoms with Gasteiger partial charge in [-0.05, 0) is 30.3 Å². The average molecular weight is 307 g/mol. The topological polar surface area (TPSA) is 22.1 Å². The largest absolute Gasteiger partial charge is 0.439 e. The molecule has 2 aromatic rings. The Morgan fingerprint density at radius 1 is 0.762 bits per heavy atom. The summed E-state index contributed by atoms with van der Waals surface area (Å²) >= 11 is 0. The molecule has 0 radical (unpaired) electrons. The van der Waals surface area contributed by atoms with Crippen LogP contribution in [-0.4, -0.2) is 4.98 Å². The second-order valence-electron chi connectivity index (χ2n) is 4.00. The summed E-state index contributed by atoms with van der Waals surface area (Å²) in [5.74, 6) is -0.403. The Balaban J connectivity index is 2.19. The molecular formula is C13H7F6NO. The average Bonchev–Trinajstić information content (AvgIpc) is 2.37. The molecule has 0 saturated carbocycles. The molecule has 8 heteroatoms. The van der Waals surface area contributed by atoms with Crippen LogP contribution in [0.25, 0.3) is 0 Å². The number of alkyl halides is 6. The first-order chi connectivity index (χ1) is 9.66. The van der Waals surface area contributed by atoms with Crippen molar-refractivity contribution >= 4 is 0 Å². The smallest absolute Gasteiger partial charge is 0.416 e. The van der Waals surface area contributed by atoms with E-state index < -0.39 is 23.5 Å². The fraction of sp³-hybridized carbons (Fsp3) is 0.154. The number of hydrogen-bond acceptors (Lipinski definition) is 2. The van der Waals surface area contributed by atoms with Gasteiger partial charge in [0, 0.05) is 12.3 Å². The highest BCUT2D eigenvalue weighted by molar-refractivity contribution is 5.33. The monoisotopic (exact) mass is 307 g/mol. The van der Waals surface area contributed by atoms with E-state index in [-0.39, 0.29) is 11.6 Å². The van der Waals surface area contributed by atoms with Gasteiger partial charge in [0.2, 0.25) is 5.88 Å². The number of ether oxygens (including phenoxy) is 1. The second kappa shape index (κ2) is 5.27. The normalized spacial score (nSPS) is 12.3. The maximum atomic E-state index is 12.5. The van der Waals surface area contributed by atoms with Crippen LogP contribution in [0.15, 0.2) is 42.6 Å². The van der Waals surface area contributed by atoms with E-state index in [9.17, 15) is 26.3 Å². The first kappa shape index (κ1) is 15.1. The summed E-state index contributed by atoms with van der Waals surface area (Å²) in [6.07, 6.45) is -8.14. The van der Waals surface area contributed by atoms with Gasteiger partial charge in [-0.1, -0.05) is 0 Å². The Morgan fingerprint density at radius 3 is 1.86 bits per heavy atom. The lowest BCUT2D eigenvalue weighted by Crippen LogP contribution is -2.05. The molecule has 0 saturated heterocycles. The molecule has 2 nitrogen and oxygen atoms in total. The zero-order valence-corrected chi connectivity index (χ0v) is 10.2. The van der Waals surface area contributed by atoms with Crippen LogP contribution in [-0.2, 0) is 12.4 Å². The fourth-order valence-electron chi connectivity index (χ4n) is 1.47. The van der Waals surface area contributed by atoms with Crippen LogP contribution in [0.1, 0.15) is 11.1 Å². The molecule has 0 amide bonds. The lowest BCUT2D eigenvalue weighted by Gasteiger charge is -2.10. The number of pyridine rings is 1. The summed E-state index contributed by atoms with van der Waals surface area (Å²) in [5.41, 5.74) is -1.84. The molecule has 0 spiro atoms. The van der Waals surface area contributed by atoms with Gasteiger partial charge in [-0.2, -0.15) is 26.3 Å². The molecule has 0 aliphatic carbocycles. The minimum atomic E-state index is -4.55. The third-order valence-corrected chi connectivity index (χ3v) is 2.47. The number of benzene rings is 1. The van der Waals surface area contributed by atoms with Gasteiger partial charge in [-0.15, -0.1) is 0 Å². The van der Waals surface area contributed by atoms with Gasteiger partial charge in [0.15, 0.2) is 0 Å². The first-order valence-electron chi connectivity index (χ1n) is 5.54. The Bertz CT molecular complexity index is 618. The Labute approximate surface area is 115 Å². The number of nitrogens with zero attached hydrogens (tertiary/aromatic N) is 1. The molecule has 0 fully saturated rings. The van der Waals surface area contributed by atoms with Crippen molar-refractivity contribution in [1.82, 2.24) is 4.98 Å². The summed E-state index contributed by atoms with van der Waals surface area (Å²) < 4.78 is 79.5. The SMILES string of the molecule is FC(F)(F)c1ccc(Oc2cc(C(F)(F)F)ccn2)cc1. The van der Waals surface area contributed by atoms with Crippen LogP contribution in [0.3, 0.4) is 0 Å². The predicted molar refractivity (Wildman–Crippen MR) is 60.8 cm³/mol. The minimum Gasteiger partial charge on any atom is -0.439 e. The number of rotatable bonds is 2. The maximum Gasteiger partial charge on any atom is 0.416 e. The van der Waals surface area contributed by atoms with Crippen molar-refractivity contribution in [2.24, 2.45) is 0 Å². The van der Waals surface area contributed by atoms with Gasteiger partial charge in [0.25, 0.3) is 0 Å². The van der Waals surface area contributed by atoms with Gasteiger partial charge >= 0.3 is 12.4 Å². The van der Waals surface area contributed by atoms with Gasteiger partial charge in [-0.25, -0.2) is 4.98 Å². The van der Waals surface area contributed by atoms with Crippen molar-refractivity contribution in [3.05, 3.63) is 53.7 Å².